The standard InChI is InChI=1S/C16H17N3O2/c1-21-15-7-6-13(10-18-15)19-16(20)14-8-11-4-2-3-5-12(11)9-17-14/h2-7,10,14,17H,8-9H2,1H3,(H,19,20)/t14-/m1/s1. The van der Waals surface area contributed by atoms with Gasteiger partial charge in [0.15, 0.2) is 0 Å². The number of anilines is 1. The Balaban J connectivity index is 1.66. The van der Waals surface area contributed by atoms with E-state index in [1.807, 2.05) is 12.1 Å². The lowest BCUT2D eigenvalue weighted by atomic mass is 9.95. The number of ether oxygens (including phenoxy) is 1. The summed E-state index contributed by atoms with van der Waals surface area (Å²) in [6, 6.07) is 11.5. The number of fused-ring (bicyclic) bond motifs is 1. The Morgan fingerprint density at radius 2 is 2.10 bits per heavy atom. The van der Waals surface area contributed by atoms with Crippen LogP contribution in [0.25, 0.3) is 0 Å². The van der Waals surface area contributed by atoms with Crippen LogP contribution in [0.15, 0.2) is 42.6 Å². The van der Waals surface area contributed by atoms with Crippen LogP contribution in [-0.4, -0.2) is 24.0 Å². The van der Waals surface area contributed by atoms with Gasteiger partial charge < -0.3 is 15.4 Å². The molecule has 1 aromatic heterocycles. The van der Waals surface area contributed by atoms with E-state index in [1.54, 1.807) is 25.4 Å². The number of aromatic nitrogens is 1. The molecular weight excluding hydrogens is 266 g/mol. The summed E-state index contributed by atoms with van der Waals surface area (Å²) in [4.78, 5) is 16.4. The van der Waals surface area contributed by atoms with Gasteiger partial charge in [0.25, 0.3) is 0 Å². The first-order valence-electron chi connectivity index (χ1n) is 6.87. The molecule has 1 aliphatic heterocycles. The van der Waals surface area contributed by atoms with E-state index < -0.39 is 0 Å². The van der Waals surface area contributed by atoms with Crippen LogP contribution in [0, 0.1) is 0 Å². The van der Waals surface area contributed by atoms with E-state index in [0.29, 0.717) is 18.0 Å². The summed E-state index contributed by atoms with van der Waals surface area (Å²) in [6.45, 7) is 0.717. The van der Waals surface area contributed by atoms with Crippen molar-refractivity contribution in [3.05, 3.63) is 53.7 Å². The molecule has 0 unspecified atom stereocenters. The summed E-state index contributed by atoms with van der Waals surface area (Å²) < 4.78 is 4.99. The first kappa shape index (κ1) is 13.6. The molecule has 21 heavy (non-hydrogen) atoms. The fourth-order valence-corrected chi connectivity index (χ4v) is 2.44. The van der Waals surface area contributed by atoms with Crippen LogP contribution in [0.5, 0.6) is 5.88 Å². The van der Waals surface area contributed by atoms with E-state index >= 15 is 0 Å². The van der Waals surface area contributed by atoms with E-state index in [1.165, 1.54) is 11.1 Å². The van der Waals surface area contributed by atoms with Crippen LogP contribution in [0.3, 0.4) is 0 Å². The lowest BCUT2D eigenvalue weighted by Gasteiger charge is -2.25. The maximum Gasteiger partial charge on any atom is 0.241 e. The molecule has 0 spiro atoms. The molecule has 2 aromatic rings. The van der Waals surface area contributed by atoms with Gasteiger partial charge in [0.1, 0.15) is 0 Å². The third kappa shape index (κ3) is 3.03. The number of pyridine rings is 1. The third-order valence-corrected chi connectivity index (χ3v) is 3.61. The topological polar surface area (TPSA) is 63.2 Å². The number of benzene rings is 1. The maximum absolute atomic E-state index is 12.3. The van der Waals surface area contributed by atoms with Crippen molar-refractivity contribution < 1.29 is 9.53 Å². The first-order valence-corrected chi connectivity index (χ1v) is 6.87. The summed E-state index contributed by atoms with van der Waals surface area (Å²) in [5.41, 5.74) is 3.15. The maximum atomic E-state index is 12.3. The second-order valence-corrected chi connectivity index (χ2v) is 4.98. The number of carbonyl (C=O) groups excluding carboxylic acids is 1. The number of hydrogen-bond donors (Lipinski definition) is 2. The molecule has 0 bridgehead atoms. The average Bonchev–Trinajstić information content (AvgIpc) is 2.55. The Kier molecular flexibility index (Phi) is 3.83. The molecule has 3 rings (SSSR count). The van der Waals surface area contributed by atoms with Crippen LogP contribution >= 0.6 is 0 Å². The summed E-state index contributed by atoms with van der Waals surface area (Å²) in [6.07, 6.45) is 2.29. The van der Waals surface area contributed by atoms with Crippen LogP contribution in [0.2, 0.25) is 0 Å². The summed E-state index contributed by atoms with van der Waals surface area (Å²) in [7, 11) is 1.56. The van der Waals surface area contributed by atoms with Gasteiger partial charge in [-0.05, 0) is 23.6 Å². The molecule has 0 radical (unpaired) electrons. The zero-order valence-electron chi connectivity index (χ0n) is 11.8. The molecule has 108 valence electrons. The molecule has 2 heterocycles. The van der Waals surface area contributed by atoms with Crippen molar-refractivity contribution in [2.75, 3.05) is 12.4 Å². The van der Waals surface area contributed by atoms with E-state index in [9.17, 15) is 4.79 Å². The average molecular weight is 283 g/mol. The van der Waals surface area contributed by atoms with Gasteiger partial charge in [-0.25, -0.2) is 4.98 Å². The second-order valence-electron chi connectivity index (χ2n) is 4.98. The van der Waals surface area contributed by atoms with E-state index in [0.717, 1.165) is 6.54 Å². The minimum absolute atomic E-state index is 0.0449. The molecule has 2 N–H and O–H groups in total. The zero-order chi connectivity index (χ0) is 14.7. The number of nitrogens with zero attached hydrogens (tertiary/aromatic N) is 1. The van der Waals surface area contributed by atoms with Gasteiger partial charge in [0.2, 0.25) is 11.8 Å². The number of carbonyl (C=O) groups is 1. The highest BCUT2D eigenvalue weighted by molar-refractivity contribution is 5.95. The van der Waals surface area contributed by atoms with Gasteiger partial charge in [-0.1, -0.05) is 24.3 Å². The van der Waals surface area contributed by atoms with Crippen LogP contribution < -0.4 is 15.4 Å². The van der Waals surface area contributed by atoms with E-state index in [-0.39, 0.29) is 11.9 Å². The fraction of sp³-hybridized carbons (Fsp3) is 0.250. The predicted octanol–water partition coefficient (Wildman–Crippen LogP) is 1.74. The number of hydrogen-bond acceptors (Lipinski definition) is 4. The molecule has 1 atom stereocenters. The molecular formula is C16H17N3O2. The van der Waals surface area contributed by atoms with Gasteiger partial charge >= 0.3 is 0 Å². The number of nitrogens with one attached hydrogen (secondary N) is 2. The van der Waals surface area contributed by atoms with E-state index in [2.05, 4.69) is 27.8 Å². The lowest BCUT2D eigenvalue weighted by molar-refractivity contribution is -0.118. The minimum atomic E-state index is -0.220. The normalized spacial score (nSPS) is 16.9. The van der Waals surface area contributed by atoms with Gasteiger partial charge in [0.05, 0.1) is 25.0 Å². The number of rotatable bonds is 3. The molecule has 1 aliphatic rings. The fourth-order valence-electron chi connectivity index (χ4n) is 2.44. The Hall–Kier alpha value is -2.40. The van der Waals surface area contributed by atoms with Crippen LogP contribution in [0.1, 0.15) is 11.1 Å². The van der Waals surface area contributed by atoms with Crippen LogP contribution in [-0.2, 0) is 17.8 Å². The first-order chi connectivity index (χ1) is 10.3. The highest BCUT2D eigenvalue weighted by Crippen LogP contribution is 2.17. The smallest absolute Gasteiger partial charge is 0.241 e. The summed E-state index contributed by atoms with van der Waals surface area (Å²) >= 11 is 0. The Morgan fingerprint density at radius 3 is 2.81 bits per heavy atom. The van der Waals surface area contributed by atoms with Crippen molar-refractivity contribution in [2.24, 2.45) is 0 Å². The monoisotopic (exact) mass is 283 g/mol. The predicted molar refractivity (Wildman–Crippen MR) is 80.2 cm³/mol. The van der Waals surface area contributed by atoms with Crippen molar-refractivity contribution in [1.29, 1.82) is 0 Å². The Morgan fingerprint density at radius 1 is 1.29 bits per heavy atom. The summed E-state index contributed by atoms with van der Waals surface area (Å²) in [5.74, 6) is 0.481. The number of amides is 1. The Labute approximate surface area is 123 Å². The molecule has 0 fully saturated rings. The van der Waals surface area contributed by atoms with Crippen LogP contribution in [0.4, 0.5) is 5.69 Å². The number of methoxy groups -OCH3 is 1. The minimum Gasteiger partial charge on any atom is -0.481 e. The van der Waals surface area contributed by atoms with Gasteiger partial charge in [0, 0.05) is 12.6 Å². The molecule has 0 saturated heterocycles. The molecule has 5 heteroatoms. The molecule has 1 aromatic carbocycles. The van der Waals surface area contributed by atoms with Crippen molar-refractivity contribution in [3.8, 4) is 5.88 Å². The highest BCUT2D eigenvalue weighted by Gasteiger charge is 2.23. The van der Waals surface area contributed by atoms with Gasteiger partial charge in [-0.3, -0.25) is 4.79 Å². The largest absolute Gasteiger partial charge is 0.481 e. The van der Waals surface area contributed by atoms with E-state index in [4.69, 9.17) is 4.74 Å². The van der Waals surface area contributed by atoms with Crippen molar-refractivity contribution in [2.45, 2.75) is 19.0 Å². The third-order valence-electron chi connectivity index (χ3n) is 3.61. The van der Waals surface area contributed by atoms with Gasteiger partial charge in [-0.15, -0.1) is 0 Å². The van der Waals surface area contributed by atoms with Gasteiger partial charge in [-0.2, -0.15) is 0 Å². The molecule has 1 amide bonds. The van der Waals surface area contributed by atoms with Crippen molar-refractivity contribution >= 4 is 11.6 Å². The molecule has 0 aliphatic carbocycles. The summed E-state index contributed by atoms with van der Waals surface area (Å²) in [5, 5.41) is 6.13. The zero-order valence-corrected chi connectivity index (χ0v) is 11.8. The Bertz CT molecular complexity index is 640. The quantitative estimate of drug-likeness (QED) is 0.900. The van der Waals surface area contributed by atoms with Crippen molar-refractivity contribution in [3.63, 3.8) is 0 Å². The molecule has 0 saturated carbocycles. The molecule has 5 nitrogen and oxygen atoms in total. The lowest BCUT2D eigenvalue weighted by Crippen LogP contribution is -2.44. The second kappa shape index (κ2) is 5.93. The highest BCUT2D eigenvalue weighted by atomic mass is 16.5. The van der Waals surface area contributed by atoms with Crippen molar-refractivity contribution in [1.82, 2.24) is 10.3 Å². The SMILES string of the molecule is COc1ccc(NC(=O)[C@H]2Cc3ccccc3CN2)cn1.